The highest BCUT2D eigenvalue weighted by Gasteiger charge is 2.34. The van der Waals surface area contributed by atoms with Crippen molar-refractivity contribution in [3.63, 3.8) is 0 Å². The van der Waals surface area contributed by atoms with Gasteiger partial charge in [0.1, 0.15) is 17.7 Å². The van der Waals surface area contributed by atoms with E-state index in [1.807, 2.05) is 0 Å². The van der Waals surface area contributed by atoms with Crippen molar-refractivity contribution in [2.24, 2.45) is 5.11 Å². The Balaban J connectivity index is 2.57. The van der Waals surface area contributed by atoms with Gasteiger partial charge in [-0.2, -0.15) is 0 Å². The van der Waals surface area contributed by atoms with E-state index < -0.39 is 47.7 Å². The molecule has 16 heteroatoms. The van der Waals surface area contributed by atoms with Crippen LogP contribution in [0.15, 0.2) is 5.11 Å². The number of azide groups is 1. The van der Waals surface area contributed by atoms with Crippen LogP contribution in [0.1, 0.15) is 86.5 Å². The Hall–Kier alpha value is -4.07. The van der Waals surface area contributed by atoms with Crippen molar-refractivity contribution in [1.82, 2.24) is 20.2 Å². The average molecular weight is 612 g/mol. The number of amides is 5. The van der Waals surface area contributed by atoms with Gasteiger partial charge in [-0.15, -0.1) is 5.06 Å². The molecule has 0 radical (unpaired) electrons. The number of ether oxygens (including phenoxy) is 2. The lowest BCUT2D eigenvalue weighted by Crippen LogP contribution is -2.43. The predicted molar refractivity (Wildman–Crippen MR) is 153 cm³/mol. The Morgan fingerprint density at radius 2 is 1.40 bits per heavy atom. The van der Waals surface area contributed by atoms with Crippen LogP contribution >= 0.6 is 0 Å². The van der Waals surface area contributed by atoms with Crippen molar-refractivity contribution in [2.75, 3.05) is 39.3 Å². The van der Waals surface area contributed by atoms with E-state index in [0.717, 1.165) is 4.90 Å². The van der Waals surface area contributed by atoms with Gasteiger partial charge in [0.05, 0.1) is 0 Å². The highest BCUT2D eigenvalue weighted by atomic mass is 16.7. The van der Waals surface area contributed by atoms with Crippen LogP contribution in [0.4, 0.5) is 9.59 Å². The van der Waals surface area contributed by atoms with E-state index in [9.17, 15) is 28.8 Å². The molecular weight excluding hydrogens is 566 g/mol. The molecule has 242 valence electrons. The zero-order chi connectivity index (χ0) is 32.6. The Morgan fingerprint density at radius 3 is 1.95 bits per heavy atom. The van der Waals surface area contributed by atoms with Crippen LogP contribution in [-0.4, -0.2) is 101 Å². The molecule has 0 aliphatic carbocycles. The van der Waals surface area contributed by atoms with E-state index in [1.54, 1.807) is 41.5 Å². The van der Waals surface area contributed by atoms with Gasteiger partial charge in [0.25, 0.3) is 11.8 Å². The van der Waals surface area contributed by atoms with Crippen LogP contribution in [0.2, 0.25) is 0 Å². The molecule has 1 aliphatic rings. The molecule has 0 aromatic rings. The molecule has 0 bridgehead atoms. The fourth-order valence-electron chi connectivity index (χ4n) is 3.64. The summed E-state index contributed by atoms with van der Waals surface area (Å²) in [4.78, 5) is 83.7. The molecule has 1 rings (SSSR count). The van der Waals surface area contributed by atoms with Crippen molar-refractivity contribution in [2.45, 2.75) is 97.7 Å². The lowest BCUT2D eigenvalue weighted by Gasteiger charge is -2.27. The Bertz CT molecular complexity index is 1030. The highest BCUT2D eigenvalue weighted by molar-refractivity contribution is 6.01. The van der Waals surface area contributed by atoms with Crippen LogP contribution in [0.3, 0.4) is 0 Å². The van der Waals surface area contributed by atoms with Crippen molar-refractivity contribution < 1.29 is 43.1 Å². The maximum absolute atomic E-state index is 12.7. The van der Waals surface area contributed by atoms with Crippen LogP contribution < -0.4 is 5.32 Å². The minimum atomic E-state index is -0.963. The lowest BCUT2D eigenvalue weighted by atomic mass is 10.2. The van der Waals surface area contributed by atoms with Gasteiger partial charge in [0.2, 0.25) is 5.91 Å². The number of rotatable bonds is 16. The average Bonchev–Trinajstić information content (AvgIpc) is 3.19. The van der Waals surface area contributed by atoms with Crippen LogP contribution in [0.5, 0.6) is 0 Å². The second-order valence-corrected chi connectivity index (χ2v) is 11.9. The molecular formula is C27H45N7O9. The maximum atomic E-state index is 12.7. The van der Waals surface area contributed by atoms with Gasteiger partial charge in [-0.1, -0.05) is 5.11 Å². The van der Waals surface area contributed by atoms with Gasteiger partial charge in [-0.05, 0) is 72.8 Å². The largest absolute Gasteiger partial charge is 0.444 e. The molecule has 5 amide bonds. The van der Waals surface area contributed by atoms with Gasteiger partial charge in [-0.3, -0.25) is 19.3 Å². The van der Waals surface area contributed by atoms with Gasteiger partial charge in [0.15, 0.2) is 0 Å². The summed E-state index contributed by atoms with van der Waals surface area (Å²) in [7, 11) is 0. The first kappa shape index (κ1) is 37.0. The summed E-state index contributed by atoms with van der Waals surface area (Å²) in [5, 5.41) is 6.66. The van der Waals surface area contributed by atoms with E-state index in [0.29, 0.717) is 43.8 Å². The summed E-state index contributed by atoms with van der Waals surface area (Å²) >= 11 is 0. The van der Waals surface area contributed by atoms with Gasteiger partial charge < -0.3 is 24.5 Å². The zero-order valence-electron chi connectivity index (χ0n) is 26.0. The molecule has 1 N–H and O–H groups in total. The minimum Gasteiger partial charge on any atom is -0.444 e. The summed E-state index contributed by atoms with van der Waals surface area (Å²) in [6, 6.07) is 0. The van der Waals surface area contributed by atoms with E-state index in [1.165, 1.54) is 4.90 Å². The Kier molecular flexibility index (Phi) is 15.3. The van der Waals surface area contributed by atoms with E-state index in [-0.39, 0.29) is 44.8 Å². The number of nitrogens with one attached hydrogen (secondary N) is 1. The first-order valence-corrected chi connectivity index (χ1v) is 14.3. The highest BCUT2D eigenvalue weighted by Crippen LogP contribution is 2.15. The molecule has 43 heavy (non-hydrogen) atoms. The fourth-order valence-corrected chi connectivity index (χ4v) is 3.64. The predicted octanol–water partition coefficient (Wildman–Crippen LogP) is 3.44. The van der Waals surface area contributed by atoms with Crippen LogP contribution in [0, 0.1) is 0 Å². The Labute approximate surface area is 251 Å². The number of carbonyl (C=O) groups is 6. The van der Waals surface area contributed by atoms with Crippen LogP contribution in [-0.2, 0) is 33.5 Å². The number of carbonyl (C=O) groups excluding carboxylic acids is 6. The molecule has 16 nitrogen and oxygen atoms in total. The molecule has 0 aromatic heterocycles. The number of nitrogens with zero attached hydrogens (tertiary/aromatic N) is 6. The zero-order valence-corrected chi connectivity index (χ0v) is 26.0. The topological polar surface area (TPSA) is 201 Å². The molecule has 1 fully saturated rings. The van der Waals surface area contributed by atoms with Crippen molar-refractivity contribution in [3.8, 4) is 0 Å². The van der Waals surface area contributed by atoms with E-state index in [4.69, 9.17) is 19.8 Å². The molecule has 0 atom stereocenters. The van der Waals surface area contributed by atoms with Crippen molar-refractivity contribution >= 4 is 35.9 Å². The van der Waals surface area contributed by atoms with Gasteiger partial charge in [0, 0.05) is 56.9 Å². The lowest BCUT2D eigenvalue weighted by molar-refractivity contribution is -0.197. The Morgan fingerprint density at radius 1 is 0.860 bits per heavy atom. The fraction of sp³-hybridized carbons (Fsp3) is 0.778. The molecule has 0 saturated carbocycles. The summed E-state index contributed by atoms with van der Waals surface area (Å²) in [6.45, 7) is 10.9. The SMILES string of the molecule is CC(C)(C)OC(=O)N(CCCCN=[N+]=[N-])CCC(=O)NCCCCN(CC(=O)ON1C(=O)CCC1=O)C(=O)OC(C)(C)C. The summed E-state index contributed by atoms with van der Waals surface area (Å²) in [6.07, 6.45) is 0.643. The number of imide groups is 1. The van der Waals surface area contributed by atoms with Crippen molar-refractivity contribution in [1.29, 1.82) is 0 Å². The molecule has 0 spiro atoms. The normalized spacial score (nSPS) is 13.2. The number of hydrogen-bond acceptors (Lipinski definition) is 10. The summed E-state index contributed by atoms with van der Waals surface area (Å²) in [5.41, 5.74) is 6.87. The number of hydrogen-bond donors (Lipinski definition) is 1. The van der Waals surface area contributed by atoms with Crippen LogP contribution in [0.25, 0.3) is 10.4 Å². The van der Waals surface area contributed by atoms with Gasteiger partial charge in [-0.25, -0.2) is 14.4 Å². The quantitative estimate of drug-likeness (QED) is 0.0892. The summed E-state index contributed by atoms with van der Waals surface area (Å²) < 4.78 is 10.8. The molecule has 0 aromatic carbocycles. The van der Waals surface area contributed by atoms with E-state index >= 15 is 0 Å². The first-order valence-electron chi connectivity index (χ1n) is 14.3. The van der Waals surface area contributed by atoms with E-state index in [2.05, 4.69) is 15.3 Å². The molecule has 0 unspecified atom stereocenters. The molecule has 1 saturated heterocycles. The molecule has 1 aliphatic heterocycles. The monoisotopic (exact) mass is 611 g/mol. The van der Waals surface area contributed by atoms with Gasteiger partial charge >= 0.3 is 18.2 Å². The third-order valence-electron chi connectivity index (χ3n) is 5.61. The second kappa shape index (κ2) is 17.8. The maximum Gasteiger partial charge on any atom is 0.410 e. The number of unbranched alkanes of at least 4 members (excludes halogenated alkanes) is 2. The second-order valence-electron chi connectivity index (χ2n) is 11.9. The number of hydroxylamine groups is 2. The standard InChI is InChI=1S/C27H45N7O9/c1-26(2,3)41-24(39)32(16-10-8-15-30-31-28)18-13-20(35)29-14-7-9-17-33(25(40)42-27(4,5)6)19-23(38)43-34-21(36)11-12-22(34)37/h7-19H2,1-6H3,(H,29,35). The summed E-state index contributed by atoms with van der Waals surface area (Å²) in [5.74, 6) is -2.50. The van der Waals surface area contributed by atoms with Crippen molar-refractivity contribution in [3.05, 3.63) is 10.4 Å². The first-order chi connectivity index (χ1) is 20.0. The smallest absolute Gasteiger partial charge is 0.410 e. The minimum absolute atomic E-state index is 0.0411. The third kappa shape index (κ3) is 16.2. The molecule has 1 heterocycles. The third-order valence-corrected chi connectivity index (χ3v) is 5.61.